The van der Waals surface area contributed by atoms with Crippen molar-refractivity contribution in [3.63, 3.8) is 0 Å². The van der Waals surface area contributed by atoms with E-state index in [0.717, 1.165) is 17.7 Å². The van der Waals surface area contributed by atoms with Crippen LogP contribution in [0.2, 0.25) is 10.0 Å². The number of rotatable bonds is 4. The maximum Gasteiger partial charge on any atom is 0.416 e. The predicted molar refractivity (Wildman–Crippen MR) is 97.2 cm³/mol. The van der Waals surface area contributed by atoms with E-state index >= 15 is 0 Å². The standard InChI is InChI=1S/C18H12Cl2F3N3O/c19-14-5-4-12(15(20)9-14)10-26-7-6-16(25-26)24-17(27)11-2-1-3-13(8-11)18(21,22)23/h1-9H,10H2,(H,24,25,27). The molecule has 0 unspecified atom stereocenters. The van der Waals surface area contributed by atoms with Crippen molar-refractivity contribution in [3.05, 3.63) is 81.5 Å². The summed E-state index contributed by atoms with van der Waals surface area (Å²) in [6.07, 6.45) is -2.90. The molecule has 0 bridgehead atoms. The number of benzene rings is 2. The van der Waals surface area contributed by atoms with Crippen molar-refractivity contribution in [3.8, 4) is 0 Å². The van der Waals surface area contributed by atoms with Crippen LogP contribution >= 0.6 is 23.2 Å². The van der Waals surface area contributed by atoms with Crippen LogP contribution in [-0.4, -0.2) is 15.7 Å². The second-order valence-electron chi connectivity index (χ2n) is 5.67. The summed E-state index contributed by atoms with van der Waals surface area (Å²) in [4.78, 5) is 12.2. The molecule has 27 heavy (non-hydrogen) atoms. The first kappa shape index (κ1) is 19.3. The Kier molecular flexibility index (Phi) is 5.43. The molecular weight excluding hydrogens is 402 g/mol. The third-order valence-corrected chi connectivity index (χ3v) is 4.27. The molecule has 1 amide bonds. The minimum atomic E-state index is -4.52. The first-order valence-electron chi connectivity index (χ1n) is 7.68. The number of hydrogen-bond acceptors (Lipinski definition) is 2. The number of nitrogens with zero attached hydrogens (tertiary/aromatic N) is 2. The van der Waals surface area contributed by atoms with Crippen molar-refractivity contribution in [1.82, 2.24) is 9.78 Å². The quantitative estimate of drug-likeness (QED) is 0.612. The van der Waals surface area contributed by atoms with Crippen LogP contribution in [0.3, 0.4) is 0 Å². The normalized spacial score (nSPS) is 11.4. The van der Waals surface area contributed by atoms with Crippen molar-refractivity contribution < 1.29 is 18.0 Å². The number of hydrogen-bond donors (Lipinski definition) is 1. The van der Waals surface area contributed by atoms with Gasteiger partial charge in [0.1, 0.15) is 0 Å². The van der Waals surface area contributed by atoms with Crippen molar-refractivity contribution >= 4 is 34.9 Å². The van der Waals surface area contributed by atoms with Gasteiger partial charge in [-0.3, -0.25) is 9.48 Å². The highest BCUT2D eigenvalue weighted by atomic mass is 35.5. The van der Waals surface area contributed by atoms with E-state index in [2.05, 4.69) is 10.4 Å². The molecule has 1 heterocycles. The summed E-state index contributed by atoms with van der Waals surface area (Å²) in [5.41, 5.74) is -0.224. The van der Waals surface area contributed by atoms with E-state index in [1.165, 1.54) is 22.9 Å². The Balaban J connectivity index is 1.71. The van der Waals surface area contributed by atoms with Gasteiger partial charge in [-0.1, -0.05) is 35.3 Å². The Morgan fingerprint density at radius 2 is 1.89 bits per heavy atom. The molecule has 3 rings (SSSR count). The molecular formula is C18H12Cl2F3N3O. The predicted octanol–water partition coefficient (Wildman–Crippen LogP) is 5.51. The lowest BCUT2D eigenvalue weighted by Crippen LogP contribution is -2.14. The zero-order chi connectivity index (χ0) is 19.6. The van der Waals surface area contributed by atoms with Crippen molar-refractivity contribution in [2.75, 3.05) is 5.32 Å². The number of aromatic nitrogens is 2. The zero-order valence-electron chi connectivity index (χ0n) is 13.6. The summed E-state index contributed by atoms with van der Waals surface area (Å²) in [7, 11) is 0. The highest BCUT2D eigenvalue weighted by molar-refractivity contribution is 6.35. The van der Waals surface area contributed by atoms with Gasteiger partial charge in [-0.15, -0.1) is 0 Å². The second kappa shape index (κ2) is 7.62. The van der Waals surface area contributed by atoms with E-state index in [0.29, 0.717) is 16.6 Å². The van der Waals surface area contributed by atoms with E-state index < -0.39 is 17.6 Å². The molecule has 0 aliphatic heterocycles. The van der Waals surface area contributed by atoms with Gasteiger partial charge < -0.3 is 5.32 Å². The van der Waals surface area contributed by atoms with Crippen LogP contribution in [0.1, 0.15) is 21.5 Å². The lowest BCUT2D eigenvalue weighted by atomic mass is 10.1. The molecule has 0 saturated heterocycles. The molecule has 0 saturated carbocycles. The van der Waals surface area contributed by atoms with E-state index in [1.807, 2.05) is 0 Å². The van der Waals surface area contributed by atoms with Gasteiger partial charge in [0.2, 0.25) is 0 Å². The zero-order valence-corrected chi connectivity index (χ0v) is 15.1. The number of anilines is 1. The lowest BCUT2D eigenvalue weighted by molar-refractivity contribution is -0.137. The van der Waals surface area contributed by atoms with E-state index in [-0.39, 0.29) is 11.4 Å². The Morgan fingerprint density at radius 1 is 1.11 bits per heavy atom. The number of halogens is 5. The monoisotopic (exact) mass is 413 g/mol. The molecule has 0 spiro atoms. The summed E-state index contributed by atoms with van der Waals surface area (Å²) < 4.78 is 39.8. The molecule has 1 aromatic heterocycles. The van der Waals surface area contributed by atoms with Gasteiger partial charge in [-0.05, 0) is 35.9 Å². The molecule has 140 valence electrons. The summed E-state index contributed by atoms with van der Waals surface area (Å²) in [6.45, 7) is 0.343. The van der Waals surface area contributed by atoms with Crippen LogP contribution in [0.4, 0.5) is 19.0 Å². The van der Waals surface area contributed by atoms with Crippen LogP contribution in [-0.2, 0) is 12.7 Å². The van der Waals surface area contributed by atoms with Gasteiger partial charge >= 0.3 is 6.18 Å². The third-order valence-electron chi connectivity index (χ3n) is 3.68. The molecule has 2 aromatic carbocycles. The van der Waals surface area contributed by atoms with Gasteiger partial charge in [0, 0.05) is 27.9 Å². The molecule has 9 heteroatoms. The van der Waals surface area contributed by atoms with Gasteiger partial charge in [-0.25, -0.2) is 0 Å². The van der Waals surface area contributed by atoms with Crippen molar-refractivity contribution in [2.45, 2.75) is 12.7 Å². The van der Waals surface area contributed by atoms with Gasteiger partial charge in [-0.2, -0.15) is 18.3 Å². The fourth-order valence-electron chi connectivity index (χ4n) is 2.37. The fourth-order valence-corrected chi connectivity index (χ4v) is 2.83. The Labute approximate surface area is 162 Å². The third kappa shape index (κ3) is 4.81. The second-order valence-corrected chi connectivity index (χ2v) is 6.51. The van der Waals surface area contributed by atoms with E-state index in [9.17, 15) is 18.0 Å². The van der Waals surface area contributed by atoms with Crippen LogP contribution in [0.15, 0.2) is 54.7 Å². The molecule has 0 fully saturated rings. The Hall–Kier alpha value is -2.51. The average Bonchev–Trinajstić information content (AvgIpc) is 3.04. The van der Waals surface area contributed by atoms with Crippen LogP contribution in [0.25, 0.3) is 0 Å². The lowest BCUT2D eigenvalue weighted by Gasteiger charge is -2.08. The van der Waals surface area contributed by atoms with Gasteiger partial charge in [0.15, 0.2) is 5.82 Å². The highest BCUT2D eigenvalue weighted by Crippen LogP contribution is 2.29. The smallest absolute Gasteiger partial charge is 0.305 e. The minimum Gasteiger partial charge on any atom is -0.305 e. The van der Waals surface area contributed by atoms with E-state index in [1.54, 1.807) is 24.4 Å². The van der Waals surface area contributed by atoms with Gasteiger partial charge in [0.25, 0.3) is 5.91 Å². The molecule has 0 aliphatic rings. The summed E-state index contributed by atoms with van der Waals surface area (Å²) in [5, 5.41) is 7.64. The topological polar surface area (TPSA) is 46.9 Å². The SMILES string of the molecule is O=C(Nc1ccn(Cc2ccc(Cl)cc2Cl)n1)c1cccc(C(F)(F)F)c1. The van der Waals surface area contributed by atoms with Crippen LogP contribution in [0.5, 0.6) is 0 Å². The first-order valence-corrected chi connectivity index (χ1v) is 8.44. The van der Waals surface area contributed by atoms with Crippen molar-refractivity contribution in [2.24, 2.45) is 0 Å². The molecule has 1 N–H and O–H groups in total. The van der Waals surface area contributed by atoms with Crippen molar-refractivity contribution in [1.29, 1.82) is 0 Å². The number of carbonyl (C=O) groups is 1. The molecule has 0 atom stereocenters. The maximum atomic E-state index is 12.8. The number of amides is 1. The summed E-state index contributed by atoms with van der Waals surface area (Å²) in [5.74, 6) is -0.474. The summed E-state index contributed by atoms with van der Waals surface area (Å²) >= 11 is 12.0. The number of alkyl halides is 3. The molecule has 0 radical (unpaired) electrons. The van der Waals surface area contributed by atoms with Crippen LogP contribution < -0.4 is 5.32 Å². The first-order chi connectivity index (χ1) is 12.7. The molecule has 3 aromatic rings. The van der Waals surface area contributed by atoms with Crippen LogP contribution in [0, 0.1) is 0 Å². The average molecular weight is 414 g/mol. The number of carbonyl (C=O) groups excluding carboxylic acids is 1. The molecule has 4 nitrogen and oxygen atoms in total. The van der Waals surface area contributed by atoms with E-state index in [4.69, 9.17) is 23.2 Å². The maximum absolute atomic E-state index is 12.8. The minimum absolute atomic E-state index is 0.111. The summed E-state index contributed by atoms with van der Waals surface area (Å²) in [6, 6.07) is 10.8. The molecule has 0 aliphatic carbocycles. The largest absolute Gasteiger partial charge is 0.416 e. The Morgan fingerprint density at radius 3 is 2.59 bits per heavy atom. The number of nitrogens with one attached hydrogen (secondary N) is 1. The van der Waals surface area contributed by atoms with Gasteiger partial charge in [0.05, 0.1) is 12.1 Å². The Bertz CT molecular complexity index is 986. The highest BCUT2D eigenvalue weighted by Gasteiger charge is 2.30. The fraction of sp³-hybridized carbons (Fsp3) is 0.111.